The summed E-state index contributed by atoms with van der Waals surface area (Å²) in [6.45, 7) is 1.20. The van der Waals surface area contributed by atoms with Crippen LogP contribution in [0.5, 0.6) is 5.75 Å². The van der Waals surface area contributed by atoms with Gasteiger partial charge in [-0.05, 0) is 74.8 Å². The Kier molecular flexibility index (Phi) is 5.96. The van der Waals surface area contributed by atoms with Gasteiger partial charge in [-0.1, -0.05) is 0 Å². The number of carbonyl (C=O) groups is 2. The topological polar surface area (TPSA) is 112 Å². The molecule has 2 aromatic heterocycles. The van der Waals surface area contributed by atoms with Gasteiger partial charge in [-0.25, -0.2) is 9.67 Å². The quantitative estimate of drug-likeness (QED) is 0.389. The summed E-state index contributed by atoms with van der Waals surface area (Å²) >= 11 is 0. The van der Waals surface area contributed by atoms with Gasteiger partial charge in [0.05, 0.1) is 19.3 Å². The van der Waals surface area contributed by atoms with Gasteiger partial charge in [0.25, 0.3) is 11.8 Å². The van der Waals surface area contributed by atoms with E-state index in [1.165, 1.54) is 17.5 Å². The van der Waals surface area contributed by atoms with E-state index in [1.807, 2.05) is 36.7 Å². The van der Waals surface area contributed by atoms with Crippen molar-refractivity contribution < 1.29 is 14.3 Å². The number of nitrogens with two attached hydrogens (primary N) is 1. The first kappa shape index (κ1) is 23.9. The number of benzene rings is 2. The second kappa shape index (κ2) is 9.46. The van der Waals surface area contributed by atoms with Crippen LogP contribution in [-0.4, -0.2) is 62.8 Å². The van der Waals surface area contributed by atoms with Crippen molar-refractivity contribution in [1.29, 1.82) is 0 Å². The number of amides is 2. The first-order chi connectivity index (χ1) is 18.4. The van der Waals surface area contributed by atoms with Gasteiger partial charge in [0.1, 0.15) is 17.3 Å². The summed E-state index contributed by atoms with van der Waals surface area (Å²) in [4.78, 5) is 34.6. The molecule has 1 fully saturated rings. The molecule has 0 saturated heterocycles. The van der Waals surface area contributed by atoms with E-state index in [-0.39, 0.29) is 11.6 Å². The van der Waals surface area contributed by atoms with Gasteiger partial charge in [-0.2, -0.15) is 5.10 Å². The number of imidazole rings is 1. The standard InChI is InChI=1S/C28H29N7O3/c1-32(18-3-4-18)17-24-30-14-16-33(24)19-5-7-20(8-6-19)34-15-13-23-25(27(29)36)31-35(26(23)28(34)37)21-9-11-22(38-2)12-10-21/h5-12,14,16,18H,3-4,13,15,17H2,1-2H3,(H2,29,36). The minimum Gasteiger partial charge on any atom is -0.497 e. The van der Waals surface area contributed by atoms with Crippen molar-refractivity contribution in [2.24, 2.45) is 5.73 Å². The Morgan fingerprint density at radius 3 is 2.42 bits per heavy atom. The normalized spacial score (nSPS) is 15.1. The van der Waals surface area contributed by atoms with Crippen LogP contribution in [0.1, 0.15) is 45.2 Å². The molecule has 2 amide bonds. The molecule has 6 rings (SSSR count). The van der Waals surface area contributed by atoms with Gasteiger partial charge in [0.15, 0.2) is 5.69 Å². The van der Waals surface area contributed by atoms with Crippen LogP contribution in [0.4, 0.5) is 5.69 Å². The van der Waals surface area contributed by atoms with E-state index >= 15 is 0 Å². The molecular weight excluding hydrogens is 482 g/mol. The Hall–Kier alpha value is -4.44. The second-order valence-electron chi connectivity index (χ2n) is 9.73. The van der Waals surface area contributed by atoms with Crippen LogP contribution < -0.4 is 15.4 Å². The summed E-state index contributed by atoms with van der Waals surface area (Å²) in [6, 6.07) is 15.7. The molecule has 38 heavy (non-hydrogen) atoms. The van der Waals surface area contributed by atoms with Crippen LogP contribution in [0.2, 0.25) is 0 Å². The average Bonchev–Trinajstić information content (AvgIpc) is 3.56. The van der Waals surface area contributed by atoms with E-state index in [0.717, 1.165) is 23.7 Å². The van der Waals surface area contributed by atoms with E-state index in [9.17, 15) is 9.59 Å². The highest BCUT2D eigenvalue weighted by Gasteiger charge is 2.34. The van der Waals surface area contributed by atoms with Crippen LogP contribution in [0, 0.1) is 0 Å². The summed E-state index contributed by atoms with van der Waals surface area (Å²) in [5.74, 6) is 0.776. The van der Waals surface area contributed by atoms with Gasteiger partial charge in [-0.3, -0.25) is 14.5 Å². The molecule has 0 radical (unpaired) electrons. The van der Waals surface area contributed by atoms with Crippen molar-refractivity contribution in [2.75, 3.05) is 25.6 Å². The lowest BCUT2D eigenvalue weighted by Crippen LogP contribution is -2.39. The first-order valence-corrected chi connectivity index (χ1v) is 12.7. The monoisotopic (exact) mass is 511 g/mol. The largest absolute Gasteiger partial charge is 0.497 e. The third-order valence-corrected chi connectivity index (χ3v) is 7.28. The Bertz CT molecular complexity index is 1500. The SMILES string of the molecule is COc1ccc(-n2nc(C(N)=O)c3c2C(=O)N(c2ccc(-n4ccnc4CN(C)C4CC4)cc2)CC3)cc1. The fourth-order valence-corrected chi connectivity index (χ4v) is 5.06. The molecule has 2 N–H and O–H groups in total. The molecule has 0 atom stereocenters. The maximum absolute atomic E-state index is 13.8. The smallest absolute Gasteiger partial charge is 0.277 e. The summed E-state index contributed by atoms with van der Waals surface area (Å²) in [6.07, 6.45) is 6.74. The Morgan fingerprint density at radius 1 is 1.08 bits per heavy atom. The number of nitrogens with zero attached hydrogens (tertiary/aromatic N) is 6. The van der Waals surface area contributed by atoms with Crippen molar-refractivity contribution in [3.8, 4) is 17.1 Å². The molecule has 1 aliphatic carbocycles. The highest BCUT2D eigenvalue weighted by atomic mass is 16.5. The molecule has 2 aliphatic rings. The van der Waals surface area contributed by atoms with Gasteiger partial charge >= 0.3 is 0 Å². The number of primary amides is 1. The minimum atomic E-state index is -0.650. The Balaban J connectivity index is 1.30. The first-order valence-electron chi connectivity index (χ1n) is 12.7. The van der Waals surface area contributed by atoms with Crippen molar-refractivity contribution in [3.05, 3.63) is 83.7 Å². The molecule has 1 saturated carbocycles. The number of ether oxygens (including phenoxy) is 1. The summed E-state index contributed by atoms with van der Waals surface area (Å²) < 4.78 is 8.83. The number of hydrogen-bond donors (Lipinski definition) is 1. The van der Waals surface area contributed by atoms with Crippen LogP contribution in [0.15, 0.2) is 60.9 Å². The predicted octanol–water partition coefficient (Wildman–Crippen LogP) is 2.96. The number of hydrogen-bond acceptors (Lipinski definition) is 6. The molecule has 1 aliphatic heterocycles. The van der Waals surface area contributed by atoms with Crippen molar-refractivity contribution in [2.45, 2.75) is 31.8 Å². The fraction of sp³-hybridized carbons (Fsp3) is 0.286. The van der Waals surface area contributed by atoms with E-state index in [0.29, 0.717) is 41.7 Å². The summed E-state index contributed by atoms with van der Waals surface area (Å²) in [5.41, 5.74) is 9.07. The molecule has 0 unspecified atom stereocenters. The average molecular weight is 512 g/mol. The van der Waals surface area contributed by atoms with Gasteiger partial charge in [0.2, 0.25) is 0 Å². The number of fused-ring (bicyclic) bond motifs is 1. The van der Waals surface area contributed by atoms with Crippen molar-refractivity contribution in [3.63, 3.8) is 0 Å². The van der Waals surface area contributed by atoms with Gasteiger partial charge < -0.3 is 19.9 Å². The van der Waals surface area contributed by atoms with E-state index < -0.39 is 5.91 Å². The number of carbonyl (C=O) groups excluding carboxylic acids is 2. The molecule has 10 heteroatoms. The third kappa shape index (κ3) is 4.22. The lowest BCUT2D eigenvalue weighted by molar-refractivity contribution is 0.0972. The second-order valence-corrected chi connectivity index (χ2v) is 9.73. The van der Waals surface area contributed by atoms with Crippen LogP contribution in [-0.2, 0) is 13.0 Å². The highest BCUT2D eigenvalue weighted by molar-refractivity contribution is 6.09. The third-order valence-electron chi connectivity index (χ3n) is 7.28. The molecule has 10 nitrogen and oxygen atoms in total. The molecule has 4 aromatic rings. The zero-order chi connectivity index (χ0) is 26.4. The van der Waals surface area contributed by atoms with Gasteiger partial charge in [-0.15, -0.1) is 0 Å². The van der Waals surface area contributed by atoms with Crippen molar-refractivity contribution in [1.82, 2.24) is 24.2 Å². The number of aromatic nitrogens is 4. The molecule has 2 aromatic carbocycles. The minimum absolute atomic E-state index is 0.128. The lowest BCUT2D eigenvalue weighted by Gasteiger charge is -2.28. The van der Waals surface area contributed by atoms with Crippen LogP contribution in [0.3, 0.4) is 0 Å². The summed E-state index contributed by atoms with van der Waals surface area (Å²) in [5, 5.41) is 4.43. The fourth-order valence-electron chi connectivity index (χ4n) is 5.06. The summed E-state index contributed by atoms with van der Waals surface area (Å²) in [7, 11) is 3.72. The van der Waals surface area contributed by atoms with E-state index in [1.54, 1.807) is 36.3 Å². The van der Waals surface area contributed by atoms with Gasteiger partial charge in [0, 0.05) is 41.9 Å². The van der Waals surface area contributed by atoms with Crippen LogP contribution in [0.25, 0.3) is 11.4 Å². The van der Waals surface area contributed by atoms with Crippen molar-refractivity contribution >= 4 is 17.5 Å². The Morgan fingerprint density at radius 2 is 1.76 bits per heavy atom. The lowest BCUT2D eigenvalue weighted by atomic mass is 10.0. The zero-order valence-corrected chi connectivity index (χ0v) is 21.4. The predicted molar refractivity (Wildman–Crippen MR) is 142 cm³/mol. The molecule has 3 heterocycles. The number of methoxy groups -OCH3 is 1. The Labute approximate surface area is 220 Å². The maximum Gasteiger partial charge on any atom is 0.277 e. The highest BCUT2D eigenvalue weighted by Crippen LogP contribution is 2.30. The van der Waals surface area contributed by atoms with E-state index in [4.69, 9.17) is 10.5 Å². The molecule has 194 valence electrons. The molecule has 0 spiro atoms. The number of rotatable bonds is 8. The zero-order valence-electron chi connectivity index (χ0n) is 21.4. The number of anilines is 1. The molecular formula is C28H29N7O3. The maximum atomic E-state index is 13.8. The van der Waals surface area contributed by atoms with Crippen LogP contribution >= 0.6 is 0 Å². The van der Waals surface area contributed by atoms with E-state index in [2.05, 4.69) is 26.6 Å². The molecule has 0 bridgehead atoms.